The Hall–Kier alpha value is -3.35. The van der Waals surface area contributed by atoms with Crippen LogP contribution in [-0.4, -0.2) is 36.5 Å². The number of carbonyl (C=O) groups excluding carboxylic acids is 3. The summed E-state index contributed by atoms with van der Waals surface area (Å²) in [6, 6.07) is 12.1. The lowest BCUT2D eigenvalue weighted by atomic mass is 10.0. The molecule has 2 aromatic carbocycles. The van der Waals surface area contributed by atoms with E-state index in [4.69, 9.17) is 14.2 Å². The summed E-state index contributed by atoms with van der Waals surface area (Å²) >= 11 is 0. The number of amides is 1. The van der Waals surface area contributed by atoms with Crippen LogP contribution in [0, 0.1) is 0 Å². The van der Waals surface area contributed by atoms with Crippen LogP contribution >= 0.6 is 0 Å². The molecule has 2 aromatic rings. The summed E-state index contributed by atoms with van der Waals surface area (Å²) in [5.41, 5.74) is 1.45. The molecule has 0 radical (unpaired) electrons. The Morgan fingerprint density at radius 3 is 2.59 bits per heavy atom. The van der Waals surface area contributed by atoms with E-state index in [9.17, 15) is 14.4 Å². The number of ketones is 1. The molecule has 0 fully saturated rings. The van der Waals surface area contributed by atoms with Crippen molar-refractivity contribution in [3.05, 3.63) is 53.6 Å². The third-order valence-electron chi connectivity index (χ3n) is 4.35. The van der Waals surface area contributed by atoms with Crippen LogP contribution in [-0.2, 0) is 20.7 Å². The van der Waals surface area contributed by atoms with Crippen molar-refractivity contribution in [3.63, 3.8) is 0 Å². The van der Waals surface area contributed by atoms with Crippen molar-refractivity contribution in [3.8, 4) is 11.5 Å². The lowest BCUT2D eigenvalue weighted by molar-refractivity contribution is -0.149. The summed E-state index contributed by atoms with van der Waals surface area (Å²) < 4.78 is 16.4. The maximum Gasteiger partial charge on any atom is 0.344 e. The molecule has 0 saturated heterocycles. The van der Waals surface area contributed by atoms with Crippen LogP contribution in [0.25, 0.3) is 0 Å². The van der Waals surface area contributed by atoms with E-state index >= 15 is 0 Å². The number of hydrogen-bond acceptors (Lipinski definition) is 6. The Kier molecular flexibility index (Phi) is 5.87. The number of esters is 1. The van der Waals surface area contributed by atoms with E-state index in [2.05, 4.69) is 5.32 Å². The SMILES string of the molecule is CC(=O)c1ccccc1NC(=O)COC(=O)COc1cccc2c1OC(C)(C)C2. The molecule has 29 heavy (non-hydrogen) atoms. The predicted octanol–water partition coefficient (Wildman–Crippen LogP) is 3.16. The Morgan fingerprint density at radius 2 is 1.83 bits per heavy atom. The van der Waals surface area contributed by atoms with Gasteiger partial charge in [0.15, 0.2) is 30.5 Å². The zero-order valence-corrected chi connectivity index (χ0v) is 16.6. The average Bonchev–Trinajstić information content (AvgIpc) is 2.99. The van der Waals surface area contributed by atoms with Gasteiger partial charge < -0.3 is 19.5 Å². The molecule has 3 rings (SSSR count). The molecule has 1 N–H and O–H groups in total. The van der Waals surface area contributed by atoms with E-state index in [0.29, 0.717) is 22.7 Å². The van der Waals surface area contributed by atoms with Gasteiger partial charge in [0, 0.05) is 17.5 Å². The Labute approximate surface area is 169 Å². The van der Waals surface area contributed by atoms with Crippen LogP contribution in [0.1, 0.15) is 36.7 Å². The first-order chi connectivity index (χ1) is 13.7. The minimum atomic E-state index is -0.685. The van der Waals surface area contributed by atoms with Crippen LogP contribution in [0.2, 0.25) is 0 Å². The Morgan fingerprint density at radius 1 is 1.07 bits per heavy atom. The minimum absolute atomic E-state index is 0.174. The molecule has 0 saturated carbocycles. The van der Waals surface area contributed by atoms with Gasteiger partial charge in [0.25, 0.3) is 5.91 Å². The maximum atomic E-state index is 12.0. The Bertz CT molecular complexity index is 950. The number of fused-ring (bicyclic) bond motifs is 1. The largest absolute Gasteiger partial charge is 0.483 e. The molecule has 7 heteroatoms. The molecule has 0 spiro atoms. The predicted molar refractivity (Wildman–Crippen MR) is 106 cm³/mol. The summed E-state index contributed by atoms with van der Waals surface area (Å²) in [5.74, 6) is -0.312. The third kappa shape index (κ3) is 5.13. The zero-order valence-electron chi connectivity index (χ0n) is 16.6. The quantitative estimate of drug-likeness (QED) is 0.570. The molecule has 0 unspecified atom stereocenters. The monoisotopic (exact) mass is 397 g/mol. The van der Waals surface area contributed by atoms with Crippen molar-refractivity contribution in [2.75, 3.05) is 18.5 Å². The molecule has 1 aliphatic rings. The van der Waals surface area contributed by atoms with Crippen LogP contribution in [0.15, 0.2) is 42.5 Å². The van der Waals surface area contributed by atoms with Gasteiger partial charge in [-0.05, 0) is 39.0 Å². The molecule has 0 atom stereocenters. The number of ether oxygens (including phenoxy) is 3. The summed E-state index contributed by atoms with van der Waals surface area (Å²) in [5, 5.41) is 2.57. The second-order valence-electron chi connectivity index (χ2n) is 7.38. The number of Topliss-reactive ketones (excluding diaryl/α,β-unsaturated/α-hetero) is 1. The van der Waals surface area contributed by atoms with Gasteiger partial charge in [-0.25, -0.2) is 4.79 Å². The molecule has 152 valence electrons. The van der Waals surface area contributed by atoms with Crippen molar-refractivity contribution >= 4 is 23.3 Å². The molecule has 0 aliphatic carbocycles. The molecule has 7 nitrogen and oxygen atoms in total. The van der Waals surface area contributed by atoms with Crippen molar-refractivity contribution in [1.29, 1.82) is 0 Å². The smallest absolute Gasteiger partial charge is 0.344 e. The van der Waals surface area contributed by atoms with Gasteiger partial charge in [-0.2, -0.15) is 0 Å². The summed E-state index contributed by atoms with van der Waals surface area (Å²) in [6.45, 7) is 4.54. The maximum absolute atomic E-state index is 12.0. The third-order valence-corrected chi connectivity index (χ3v) is 4.35. The molecule has 1 amide bonds. The van der Waals surface area contributed by atoms with E-state index < -0.39 is 18.5 Å². The molecule has 1 heterocycles. The number of carbonyl (C=O) groups is 3. The second-order valence-corrected chi connectivity index (χ2v) is 7.38. The number of anilines is 1. The number of nitrogens with one attached hydrogen (secondary N) is 1. The number of benzene rings is 2. The molecule has 1 aliphatic heterocycles. The first-order valence-electron chi connectivity index (χ1n) is 9.24. The van der Waals surface area contributed by atoms with E-state index in [1.165, 1.54) is 6.92 Å². The first kappa shape index (κ1) is 20.4. The van der Waals surface area contributed by atoms with Gasteiger partial charge in [-0.1, -0.05) is 24.3 Å². The highest BCUT2D eigenvalue weighted by atomic mass is 16.6. The van der Waals surface area contributed by atoms with Gasteiger partial charge in [0.05, 0.1) is 5.69 Å². The molecule has 0 bridgehead atoms. The normalized spacial score (nSPS) is 13.8. The fourth-order valence-electron chi connectivity index (χ4n) is 3.11. The standard InChI is InChI=1S/C22H23NO6/c1-14(24)16-8-4-5-9-17(16)23-19(25)12-28-20(26)13-27-18-10-6-7-15-11-22(2,3)29-21(15)18/h4-10H,11-13H2,1-3H3,(H,23,25). The van der Waals surface area contributed by atoms with Crippen LogP contribution < -0.4 is 14.8 Å². The van der Waals surface area contributed by atoms with Gasteiger partial charge in [0.2, 0.25) is 0 Å². The topological polar surface area (TPSA) is 90.9 Å². The van der Waals surface area contributed by atoms with Crippen molar-refractivity contribution in [2.24, 2.45) is 0 Å². The summed E-state index contributed by atoms with van der Waals surface area (Å²) in [7, 11) is 0. The molecule has 0 aromatic heterocycles. The molecular formula is C22H23NO6. The molecular weight excluding hydrogens is 374 g/mol. The van der Waals surface area contributed by atoms with Crippen LogP contribution in [0.4, 0.5) is 5.69 Å². The van der Waals surface area contributed by atoms with E-state index in [0.717, 1.165) is 12.0 Å². The highest BCUT2D eigenvalue weighted by Crippen LogP contribution is 2.41. The Balaban J connectivity index is 1.50. The highest BCUT2D eigenvalue weighted by Gasteiger charge is 2.32. The average molecular weight is 397 g/mol. The van der Waals surface area contributed by atoms with E-state index in [1.54, 1.807) is 30.3 Å². The van der Waals surface area contributed by atoms with Crippen molar-refractivity contribution in [2.45, 2.75) is 32.8 Å². The van der Waals surface area contributed by atoms with Gasteiger partial charge in [-0.3, -0.25) is 9.59 Å². The number of para-hydroxylation sites is 2. The lowest BCUT2D eigenvalue weighted by Gasteiger charge is -2.18. The number of hydrogen-bond donors (Lipinski definition) is 1. The van der Waals surface area contributed by atoms with Crippen LogP contribution in [0.3, 0.4) is 0 Å². The zero-order chi connectivity index (χ0) is 21.0. The fraction of sp³-hybridized carbons (Fsp3) is 0.318. The fourth-order valence-corrected chi connectivity index (χ4v) is 3.11. The van der Waals surface area contributed by atoms with Crippen LogP contribution in [0.5, 0.6) is 11.5 Å². The van der Waals surface area contributed by atoms with Gasteiger partial charge in [-0.15, -0.1) is 0 Å². The minimum Gasteiger partial charge on any atom is -0.483 e. The van der Waals surface area contributed by atoms with Gasteiger partial charge >= 0.3 is 5.97 Å². The number of rotatable bonds is 7. The highest BCUT2D eigenvalue weighted by molar-refractivity contribution is 6.04. The van der Waals surface area contributed by atoms with Crippen molar-refractivity contribution in [1.82, 2.24) is 0 Å². The second kappa shape index (κ2) is 8.34. The van der Waals surface area contributed by atoms with E-state index in [1.807, 2.05) is 26.0 Å². The van der Waals surface area contributed by atoms with Gasteiger partial charge in [0.1, 0.15) is 5.60 Å². The van der Waals surface area contributed by atoms with Crippen molar-refractivity contribution < 1.29 is 28.6 Å². The first-order valence-corrected chi connectivity index (χ1v) is 9.24. The summed E-state index contributed by atoms with van der Waals surface area (Å²) in [6.07, 6.45) is 0.756. The lowest BCUT2D eigenvalue weighted by Crippen LogP contribution is -2.25. The van der Waals surface area contributed by atoms with E-state index in [-0.39, 0.29) is 18.0 Å². The summed E-state index contributed by atoms with van der Waals surface area (Å²) in [4.78, 5) is 35.6.